The first kappa shape index (κ1) is 20.9. The van der Waals surface area contributed by atoms with Gasteiger partial charge in [0.2, 0.25) is 5.96 Å². The van der Waals surface area contributed by atoms with Crippen molar-refractivity contribution < 1.29 is 4.79 Å². The van der Waals surface area contributed by atoms with Crippen LogP contribution in [-0.4, -0.2) is 59.9 Å². The van der Waals surface area contributed by atoms with E-state index >= 15 is 0 Å². The van der Waals surface area contributed by atoms with Crippen molar-refractivity contribution in [2.45, 2.75) is 6.04 Å². The Morgan fingerprint density at radius 1 is 1.19 bits per heavy atom. The van der Waals surface area contributed by atoms with Crippen LogP contribution < -0.4 is 22.1 Å². The van der Waals surface area contributed by atoms with E-state index in [-0.39, 0.29) is 28.9 Å². The number of benzene rings is 1. The summed E-state index contributed by atoms with van der Waals surface area (Å²) in [6, 6.07) is 8.41. The third-order valence-electron chi connectivity index (χ3n) is 5.62. The number of piperazine rings is 1. The van der Waals surface area contributed by atoms with Gasteiger partial charge in [-0.15, -0.1) is 0 Å². The molecule has 11 nitrogen and oxygen atoms in total. The molecule has 4 rings (SSSR count). The quantitative estimate of drug-likeness (QED) is 0.389. The fourth-order valence-corrected chi connectivity index (χ4v) is 3.82. The lowest BCUT2D eigenvalue weighted by Crippen LogP contribution is -2.47. The Labute approximate surface area is 184 Å². The molecular formula is C21H22N10O. The van der Waals surface area contributed by atoms with Gasteiger partial charge in [-0.05, 0) is 24.7 Å². The van der Waals surface area contributed by atoms with Gasteiger partial charge in [-0.3, -0.25) is 10.1 Å². The smallest absolute Gasteiger partial charge is 0.253 e. The van der Waals surface area contributed by atoms with Gasteiger partial charge < -0.3 is 26.6 Å². The molecule has 162 valence electrons. The lowest BCUT2D eigenvalue weighted by molar-refractivity contribution is 0.0664. The first-order chi connectivity index (χ1) is 15.4. The van der Waals surface area contributed by atoms with Crippen molar-refractivity contribution in [1.29, 1.82) is 10.5 Å². The van der Waals surface area contributed by atoms with E-state index in [1.807, 2.05) is 24.2 Å². The molecule has 1 aromatic carbocycles. The zero-order valence-electron chi connectivity index (χ0n) is 17.5. The minimum atomic E-state index is -0.643. The Hall–Kier alpha value is -4.35. The van der Waals surface area contributed by atoms with Gasteiger partial charge >= 0.3 is 0 Å². The van der Waals surface area contributed by atoms with Crippen LogP contribution in [0.25, 0.3) is 0 Å². The molecule has 32 heavy (non-hydrogen) atoms. The number of nitrogen functional groups attached to an aromatic ring is 2. The molecule has 1 aromatic heterocycles. The molecule has 1 atom stereocenters. The van der Waals surface area contributed by atoms with Crippen LogP contribution in [0.3, 0.4) is 0 Å². The largest absolute Gasteiger partial charge is 0.397 e. The normalized spacial score (nSPS) is 17.9. The number of hydrogen-bond acceptors (Lipinski definition) is 10. The number of rotatable bonds is 2. The van der Waals surface area contributed by atoms with Gasteiger partial charge in [0.15, 0.2) is 6.19 Å². The van der Waals surface area contributed by atoms with Crippen molar-refractivity contribution in [3.05, 3.63) is 46.5 Å². The summed E-state index contributed by atoms with van der Waals surface area (Å²) in [6.07, 6.45) is 1.82. The van der Waals surface area contributed by atoms with Gasteiger partial charge in [-0.2, -0.15) is 10.5 Å². The Balaban J connectivity index is 1.69. The SMILES string of the molecule is CN1CCN(C(=O)c2ccc(C3N=C(NC#N)Nc4nc(N)c(C#N)c(N)c43)cc2)CC1. The van der Waals surface area contributed by atoms with Crippen molar-refractivity contribution in [3.8, 4) is 12.3 Å². The third kappa shape index (κ3) is 3.73. The van der Waals surface area contributed by atoms with Crippen molar-refractivity contribution >= 4 is 29.2 Å². The molecule has 1 saturated heterocycles. The number of guanidine groups is 1. The molecule has 0 saturated carbocycles. The number of carbonyl (C=O) groups excluding carboxylic acids is 1. The summed E-state index contributed by atoms with van der Waals surface area (Å²) in [5, 5.41) is 23.8. The van der Waals surface area contributed by atoms with E-state index in [1.165, 1.54) is 0 Å². The summed E-state index contributed by atoms with van der Waals surface area (Å²) in [5.41, 5.74) is 14.1. The van der Waals surface area contributed by atoms with Crippen LogP contribution in [0.2, 0.25) is 0 Å². The number of nitrogens with one attached hydrogen (secondary N) is 2. The molecule has 2 aromatic rings. The molecule has 3 heterocycles. The summed E-state index contributed by atoms with van der Waals surface area (Å²) < 4.78 is 0. The number of aromatic nitrogens is 1. The monoisotopic (exact) mass is 430 g/mol. The minimum absolute atomic E-state index is 0.0127. The number of pyridine rings is 1. The number of amides is 1. The second-order valence-electron chi connectivity index (χ2n) is 7.62. The van der Waals surface area contributed by atoms with Crippen LogP contribution in [0, 0.1) is 22.8 Å². The minimum Gasteiger partial charge on any atom is -0.397 e. The van der Waals surface area contributed by atoms with E-state index in [9.17, 15) is 10.1 Å². The predicted molar refractivity (Wildman–Crippen MR) is 119 cm³/mol. The molecule has 11 heteroatoms. The maximum absolute atomic E-state index is 12.8. The maximum atomic E-state index is 12.8. The van der Waals surface area contributed by atoms with E-state index in [4.69, 9.17) is 16.7 Å². The molecular weight excluding hydrogens is 408 g/mol. The van der Waals surface area contributed by atoms with Crippen LogP contribution in [0.5, 0.6) is 0 Å². The predicted octanol–water partition coefficient (Wildman–Crippen LogP) is 0.447. The fourth-order valence-electron chi connectivity index (χ4n) is 3.82. The summed E-state index contributed by atoms with van der Waals surface area (Å²) in [5.74, 6) is 0.459. The van der Waals surface area contributed by atoms with Gasteiger partial charge in [0.25, 0.3) is 5.91 Å². The first-order valence-electron chi connectivity index (χ1n) is 9.99. The number of nitriles is 2. The number of hydrogen-bond donors (Lipinski definition) is 4. The molecule has 0 radical (unpaired) electrons. The number of anilines is 3. The number of carbonyl (C=O) groups is 1. The molecule has 0 bridgehead atoms. The number of nitrogens with two attached hydrogens (primary N) is 2. The number of fused-ring (bicyclic) bond motifs is 1. The van der Waals surface area contributed by atoms with Crippen molar-refractivity contribution in [2.75, 3.05) is 50.0 Å². The standard InChI is InChI=1S/C21H22N10O/c1-30-6-8-31(9-7-30)20(32)13-4-2-12(3-5-13)17-15-16(24)14(10-22)18(25)28-19(15)29-21(27-17)26-11-23/h2-5,17H,6-9H2,1H3,(H6,24,25,26,27,28,29). The Morgan fingerprint density at radius 3 is 2.50 bits per heavy atom. The lowest BCUT2D eigenvalue weighted by atomic mass is 9.94. The third-order valence-corrected chi connectivity index (χ3v) is 5.62. The second-order valence-corrected chi connectivity index (χ2v) is 7.62. The molecule has 0 aliphatic carbocycles. The second kappa shape index (κ2) is 8.41. The highest BCUT2D eigenvalue weighted by atomic mass is 16.2. The van der Waals surface area contributed by atoms with Crippen LogP contribution in [0.1, 0.15) is 33.1 Å². The first-order valence-corrected chi connectivity index (χ1v) is 9.99. The molecule has 2 aliphatic rings. The Bertz CT molecular complexity index is 1170. The summed E-state index contributed by atoms with van der Waals surface area (Å²) in [4.78, 5) is 25.6. The number of nitrogens with zero attached hydrogens (tertiary/aromatic N) is 6. The maximum Gasteiger partial charge on any atom is 0.253 e. The van der Waals surface area contributed by atoms with Gasteiger partial charge in [0.05, 0.1) is 5.69 Å². The van der Waals surface area contributed by atoms with Crippen LogP contribution in [0.4, 0.5) is 17.3 Å². The van der Waals surface area contributed by atoms with Gasteiger partial charge in [0, 0.05) is 37.3 Å². The van der Waals surface area contributed by atoms with Gasteiger partial charge in [0.1, 0.15) is 29.3 Å². The van der Waals surface area contributed by atoms with Crippen molar-refractivity contribution in [3.63, 3.8) is 0 Å². The van der Waals surface area contributed by atoms with E-state index in [0.717, 1.165) is 18.7 Å². The molecule has 1 amide bonds. The highest BCUT2D eigenvalue weighted by molar-refractivity contribution is 5.98. The van der Waals surface area contributed by atoms with Crippen LogP contribution in [0.15, 0.2) is 29.3 Å². The average Bonchev–Trinajstić information content (AvgIpc) is 2.79. The molecule has 6 N–H and O–H groups in total. The number of aliphatic imine (C=N–C) groups is 1. The highest BCUT2D eigenvalue weighted by Crippen LogP contribution is 2.40. The molecule has 0 spiro atoms. The fraction of sp³-hybridized carbons (Fsp3) is 0.286. The van der Waals surface area contributed by atoms with Crippen molar-refractivity contribution in [1.82, 2.24) is 20.1 Å². The van der Waals surface area contributed by atoms with Gasteiger partial charge in [-0.1, -0.05) is 12.1 Å². The summed E-state index contributed by atoms with van der Waals surface area (Å²) in [7, 11) is 2.04. The zero-order valence-corrected chi connectivity index (χ0v) is 17.5. The van der Waals surface area contributed by atoms with E-state index in [0.29, 0.717) is 30.0 Å². The highest BCUT2D eigenvalue weighted by Gasteiger charge is 2.30. The van der Waals surface area contributed by atoms with Crippen molar-refractivity contribution in [2.24, 2.45) is 4.99 Å². The topological polar surface area (TPSA) is 172 Å². The zero-order chi connectivity index (χ0) is 22.8. The molecule has 1 unspecified atom stereocenters. The summed E-state index contributed by atoms with van der Waals surface area (Å²) >= 11 is 0. The molecule has 2 aliphatic heterocycles. The van der Waals surface area contributed by atoms with Gasteiger partial charge in [-0.25, -0.2) is 9.98 Å². The summed E-state index contributed by atoms with van der Waals surface area (Å²) in [6.45, 7) is 3.06. The van der Waals surface area contributed by atoms with E-state index in [2.05, 4.69) is 25.5 Å². The molecule has 1 fully saturated rings. The lowest BCUT2D eigenvalue weighted by Gasteiger charge is -2.32. The van der Waals surface area contributed by atoms with E-state index in [1.54, 1.807) is 24.3 Å². The van der Waals surface area contributed by atoms with Crippen LogP contribution in [-0.2, 0) is 0 Å². The Kier molecular flexibility index (Phi) is 5.50. The van der Waals surface area contributed by atoms with Crippen LogP contribution >= 0.6 is 0 Å². The Morgan fingerprint density at radius 2 is 1.88 bits per heavy atom. The average molecular weight is 430 g/mol. The van der Waals surface area contributed by atoms with E-state index < -0.39 is 6.04 Å². The number of likely N-dealkylation sites (N-methyl/N-ethyl adjacent to an activating group) is 1.